The van der Waals surface area contributed by atoms with Crippen LogP contribution in [0.15, 0.2) is 51.4 Å². The molecule has 0 atom stereocenters. The zero-order valence-corrected chi connectivity index (χ0v) is 13.0. The molecule has 2 nitrogen and oxygen atoms in total. The summed E-state index contributed by atoms with van der Waals surface area (Å²) in [5.74, 6) is 0.146. The highest BCUT2D eigenvalue weighted by atomic mass is 79.9. The first-order valence-electron chi connectivity index (χ1n) is 6.04. The summed E-state index contributed by atoms with van der Waals surface area (Å²) in [5, 5.41) is 1.43. The predicted molar refractivity (Wildman–Crippen MR) is 83.5 cm³/mol. The number of benzene rings is 2. The van der Waals surface area contributed by atoms with Gasteiger partial charge in [0.1, 0.15) is 5.58 Å². The zero-order chi connectivity index (χ0) is 14.3. The molecule has 3 aromatic rings. The smallest absolute Gasteiger partial charge is 0.228 e. The first-order chi connectivity index (χ1) is 9.54. The Labute approximate surface area is 129 Å². The van der Waals surface area contributed by atoms with Gasteiger partial charge in [-0.25, -0.2) is 0 Å². The van der Waals surface area contributed by atoms with E-state index in [1.165, 1.54) is 0 Å². The van der Waals surface area contributed by atoms with E-state index in [9.17, 15) is 4.79 Å². The molecule has 0 saturated heterocycles. The Morgan fingerprint density at radius 2 is 2.00 bits per heavy atom. The molecule has 3 rings (SSSR count). The lowest BCUT2D eigenvalue weighted by Crippen LogP contribution is -1.99. The Kier molecular flexibility index (Phi) is 3.40. The molecular weight excluding hydrogens is 340 g/mol. The molecule has 20 heavy (non-hydrogen) atoms. The van der Waals surface area contributed by atoms with Crippen molar-refractivity contribution in [2.75, 3.05) is 0 Å². The van der Waals surface area contributed by atoms with E-state index in [1.54, 1.807) is 24.3 Å². The van der Waals surface area contributed by atoms with Crippen LogP contribution in [0.5, 0.6) is 0 Å². The number of para-hydroxylation sites is 1. The molecule has 0 fully saturated rings. The summed E-state index contributed by atoms with van der Waals surface area (Å²) < 4.78 is 6.45. The third kappa shape index (κ3) is 2.39. The minimum absolute atomic E-state index is 0.177. The Balaban J connectivity index is 2.10. The minimum atomic E-state index is -0.177. The number of halogens is 2. The molecule has 1 heterocycles. The van der Waals surface area contributed by atoms with Crippen molar-refractivity contribution in [2.45, 2.75) is 6.92 Å². The molecule has 1 aromatic heterocycles. The van der Waals surface area contributed by atoms with Crippen LogP contribution >= 0.6 is 27.5 Å². The molecule has 0 aliphatic heterocycles. The molecule has 0 unspecified atom stereocenters. The largest absolute Gasteiger partial charge is 0.452 e. The van der Waals surface area contributed by atoms with Gasteiger partial charge in [-0.05, 0) is 36.8 Å². The number of furan rings is 1. The lowest BCUT2D eigenvalue weighted by atomic mass is 10.1. The molecule has 0 aliphatic rings. The van der Waals surface area contributed by atoms with E-state index in [1.807, 2.05) is 25.1 Å². The second-order valence-corrected chi connectivity index (χ2v) is 5.94. The molecule has 0 N–H and O–H groups in total. The van der Waals surface area contributed by atoms with Crippen LogP contribution in [-0.2, 0) is 0 Å². The number of carbonyl (C=O) groups excluding carboxylic acids is 1. The van der Waals surface area contributed by atoms with Gasteiger partial charge >= 0.3 is 0 Å². The number of hydrogen-bond donors (Lipinski definition) is 0. The van der Waals surface area contributed by atoms with Crippen LogP contribution in [0.2, 0.25) is 5.02 Å². The fourth-order valence-electron chi connectivity index (χ4n) is 2.15. The first-order valence-corrected chi connectivity index (χ1v) is 7.21. The molecule has 100 valence electrons. The van der Waals surface area contributed by atoms with Gasteiger partial charge in [0.2, 0.25) is 5.78 Å². The average Bonchev–Trinajstić information content (AvgIpc) is 2.82. The number of carbonyl (C=O) groups is 1. The highest BCUT2D eigenvalue weighted by Crippen LogP contribution is 2.26. The van der Waals surface area contributed by atoms with E-state index in [0.29, 0.717) is 16.3 Å². The van der Waals surface area contributed by atoms with Gasteiger partial charge in [0.05, 0.1) is 0 Å². The number of aryl methyl sites for hydroxylation is 1. The van der Waals surface area contributed by atoms with Crippen molar-refractivity contribution in [1.82, 2.24) is 0 Å². The molecule has 0 radical (unpaired) electrons. The van der Waals surface area contributed by atoms with Crippen molar-refractivity contribution in [3.05, 3.63) is 68.8 Å². The maximum Gasteiger partial charge on any atom is 0.228 e. The van der Waals surface area contributed by atoms with Gasteiger partial charge in [-0.3, -0.25) is 4.79 Å². The van der Waals surface area contributed by atoms with Crippen molar-refractivity contribution >= 4 is 44.3 Å². The summed E-state index contributed by atoms with van der Waals surface area (Å²) in [6, 6.07) is 12.7. The molecule has 0 saturated carbocycles. The van der Waals surface area contributed by atoms with Crippen LogP contribution in [-0.4, -0.2) is 5.78 Å². The summed E-state index contributed by atoms with van der Waals surface area (Å²) in [7, 11) is 0. The molecule has 4 heteroatoms. The maximum atomic E-state index is 12.5. The molecule has 0 bridgehead atoms. The predicted octanol–water partition coefficient (Wildman–Crippen LogP) is 5.39. The first kappa shape index (κ1) is 13.4. The van der Waals surface area contributed by atoms with E-state index < -0.39 is 0 Å². The fourth-order valence-corrected chi connectivity index (χ4v) is 3.01. The Hall–Kier alpha value is -1.58. The van der Waals surface area contributed by atoms with E-state index >= 15 is 0 Å². The van der Waals surface area contributed by atoms with Gasteiger partial charge in [0.25, 0.3) is 0 Å². The zero-order valence-electron chi connectivity index (χ0n) is 10.6. The second-order valence-electron chi connectivity index (χ2n) is 4.59. The molecule has 0 aliphatic carbocycles. The molecule has 0 spiro atoms. The lowest BCUT2D eigenvalue weighted by Gasteiger charge is -2.00. The van der Waals surface area contributed by atoms with Crippen molar-refractivity contribution in [2.24, 2.45) is 0 Å². The van der Waals surface area contributed by atoms with Crippen molar-refractivity contribution in [1.29, 1.82) is 0 Å². The maximum absolute atomic E-state index is 12.5. The van der Waals surface area contributed by atoms with E-state index in [2.05, 4.69) is 15.9 Å². The van der Waals surface area contributed by atoms with Crippen LogP contribution in [0.3, 0.4) is 0 Å². The Morgan fingerprint density at radius 1 is 1.20 bits per heavy atom. The van der Waals surface area contributed by atoms with Crippen LogP contribution in [0.4, 0.5) is 0 Å². The van der Waals surface area contributed by atoms with Crippen molar-refractivity contribution < 1.29 is 9.21 Å². The highest BCUT2D eigenvalue weighted by molar-refractivity contribution is 9.10. The van der Waals surface area contributed by atoms with Gasteiger partial charge in [0, 0.05) is 20.4 Å². The highest BCUT2D eigenvalue weighted by Gasteiger charge is 2.16. The molecular formula is C16H10BrClO2. The summed E-state index contributed by atoms with van der Waals surface area (Å²) in [6.45, 7) is 1.95. The second kappa shape index (κ2) is 5.08. The van der Waals surface area contributed by atoms with E-state index in [4.69, 9.17) is 16.0 Å². The quantitative estimate of drug-likeness (QED) is 0.581. The summed E-state index contributed by atoms with van der Waals surface area (Å²) in [6.07, 6.45) is 0. The number of fused-ring (bicyclic) bond motifs is 1. The standard InChI is InChI=1S/C16H10BrClO2/c1-9-3-2-4-10-7-14(20-16(9)10)15(19)11-5-12(17)8-13(18)6-11/h2-8H,1H3. The Bertz CT molecular complexity index is 800. The van der Waals surface area contributed by atoms with Gasteiger partial charge in [-0.1, -0.05) is 45.7 Å². The normalized spacial score (nSPS) is 10.9. The summed E-state index contributed by atoms with van der Waals surface area (Å²) in [4.78, 5) is 12.5. The monoisotopic (exact) mass is 348 g/mol. The SMILES string of the molecule is Cc1cccc2cc(C(=O)c3cc(Cl)cc(Br)c3)oc12. The minimum Gasteiger partial charge on any atom is -0.452 e. The van der Waals surface area contributed by atoms with Gasteiger partial charge in [0.15, 0.2) is 5.76 Å². The van der Waals surface area contributed by atoms with Gasteiger partial charge in [-0.2, -0.15) is 0 Å². The number of rotatable bonds is 2. The van der Waals surface area contributed by atoms with Crippen LogP contribution in [0.25, 0.3) is 11.0 Å². The third-order valence-electron chi connectivity index (χ3n) is 3.09. The topological polar surface area (TPSA) is 30.2 Å². The fraction of sp³-hybridized carbons (Fsp3) is 0.0625. The number of ketones is 1. The van der Waals surface area contributed by atoms with Gasteiger partial charge in [-0.15, -0.1) is 0 Å². The van der Waals surface area contributed by atoms with Crippen molar-refractivity contribution in [3.8, 4) is 0 Å². The molecule has 2 aromatic carbocycles. The van der Waals surface area contributed by atoms with Gasteiger partial charge < -0.3 is 4.42 Å². The van der Waals surface area contributed by atoms with Crippen LogP contribution in [0, 0.1) is 6.92 Å². The summed E-state index contributed by atoms with van der Waals surface area (Å²) >= 11 is 9.31. The molecule has 0 amide bonds. The van der Waals surface area contributed by atoms with E-state index in [-0.39, 0.29) is 5.78 Å². The van der Waals surface area contributed by atoms with E-state index in [0.717, 1.165) is 21.0 Å². The van der Waals surface area contributed by atoms with Crippen molar-refractivity contribution in [3.63, 3.8) is 0 Å². The lowest BCUT2D eigenvalue weighted by molar-refractivity contribution is 0.101. The third-order valence-corrected chi connectivity index (χ3v) is 3.77. The Morgan fingerprint density at radius 3 is 2.70 bits per heavy atom. The van der Waals surface area contributed by atoms with Crippen LogP contribution < -0.4 is 0 Å². The average molecular weight is 350 g/mol. The van der Waals surface area contributed by atoms with Crippen LogP contribution in [0.1, 0.15) is 21.7 Å². The summed E-state index contributed by atoms with van der Waals surface area (Å²) in [5.41, 5.74) is 2.26. The number of hydrogen-bond acceptors (Lipinski definition) is 2.